The highest BCUT2D eigenvalue weighted by Gasteiger charge is 2.34. The van der Waals surface area contributed by atoms with Gasteiger partial charge in [0.15, 0.2) is 5.89 Å². The van der Waals surface area contributed by atoms with E-state index in [1.54, 1.807) is 6.26 Å². The number of oxazole rings is 1. The second-order valence-electron chi connectivity index (χ2n) is 6.05. The maximum Gasteiger partial charge on any atom is 0.308 e. The largest absolute Gasteiger partial charge is 0.469 e. The van der Waals surface area contributed by atoms with Gasteiger partial charge < -0.3 is 9.15 Å². The van der Waals surface area contributed by atoms with Gasteiger partial charge in [0.2, 0.25) is 0 Å². The maximum absolute atomic E-state index is 11.5. The van der Waals surface area contributed by atoms with Crippen LogP contribution in [0.15, 0.2) is 10.7 Å². The van der Waals surface area contributed by atoms with Crippen LogP contribution in [0.3, 0.4) is 0 Å². The molecule has 18 heavy (non-hydrogen) atoms. The van der Waals surface area contributed by atoms with Crippen molar-refractivity contribution in [1.29, 1.82) is 0 Å². The lowest BCUT2D eigenvalue weighted by atomic mass is 9.93. The molecule has 0 aromatic carbocycles. The monoisotopic (exact) mass is 251 g/mol. The molecule has 100 valence electrons. The third kappa shape index (κ3) is 2.57. The number of nitrogens with zero attached hydrogens (tertiary/aromatic N) is 1. The Morgan fingerprint density at radius 2 is 2.17 bits per heavy atom. The molecule has 2 rings (SSSR count). The van der Waals surface area contributed by atoms with Gasteiger partial charge in [-0.05, 0) is 19.3 Å². The third-order valence-corrected chi connectivity index (χ3v) is 3.61. The Bertz CT molecular complexity index is 430. The molecule has 2 unspecified atom stereocenters. The number of rotatable bonds is 2. The standard InChI is InChI=1S/C14H21NO3/c1-14(2,3)11-8-18-12(15-11)9-5-6-10(7-9)13(16)17-4/h8-10H,5-7H2,1-4H3. The lowest BCUT2D eigenvalue weighted by molar-refractivity contribution is -0.145. The Hall–Kier alpha value is -1.32. The summed E-state index contributed by atoms with van der Waals surface area (Å²) in [4.78, 5) is 16.0. The first kappa shape index (κ1) is 13.1. The molecule has 1 heterocycles. The van der Waals surface area contributed by atoms with E-state index in [4.69, 9.17) is 9.15 Å². The minimum absolute atomic E-state index is 0.00209. The molecule has 0 N–H and O–H groups in total. The van der Waals surface area contributed by atoms with Crippen LogP contribution >= 0.6 is 0 Å². The molecule has 1 aliphatic rings. The number of esters is 1. The van der Waals surface area contributed by atoms with E-state index in [-0.39, 0.29) is 23.2 Å². The average Bonchev–Trinajstić information content (AvgIpc) is 2.94. The fourth-order valence-corrected chi connectivity index (χ4v) is 2.41. The molecule has 0 bridgehead atoms. The van der Waals surface area contributed by atoms with E-state index < -0.39 is 0 Å². The van der Waals surface area contributed by atoms with E-state index >= 15 is 0 Å². The molecule has 1 aromatic heterocycles. The van der Waals surface area contributed by atoms with Gasteiger partial charge in [0, 0.05) is 11.3 Å². The number of ether oxygens (including phenoxy) is 1. The van der Waals surface area contributed by atoms with E-state index in [2.05, 4.69) is 25.8 Å². The predicted molar refractivity (Wildman–Crippen MR) is 67.3 cm³/mol. The van der Waals surface area contributed by atoms with Crippen molar-refractivity contribution in [2.24, 2.45) is 5.92 Å². The first-order chi connectivity index (χ1) is 8.41. The van der Waals surface area contributed by atoms with Gasteiger partial charge in [-0.1, -0.05) is 20.8 Å². The normalized spacial score (nSPS) is 24.2. The molecule has 1 saturated carbocycles. The van der Waals surface area contributed by atoms with E-state index in [9.17, 15) is 4.79 Å². The molecule has 0 saturated heterocycles. The number of aromatic nitrogens is 1. The molecular formula is C14H21NO3. The van der Waals surface area contributed by atoms with Crippen LogP contribution in [-0.2, 0) is 14.9 Å². The number of methoxy groups -OCH3 is 1. The number of hydrogen-bond donors (Lipinski definition) is 0. The van der Waals surface area contributed by atoms with E-state index in [1.807, 2.05) is 0 Å². The second-order valence-corrected chi connectivity index (χ2v) is 6.05. The van der Waals surface area contributed by atoms with Gasteiger partial charge in [0.1, 0.15) is 6.26 Å². The molecule has 2 atom stereocenters. The second kappa shape index (κ2) is 4.75. The van der Waals surface area contributed by atoms with Crippen LogP contribution in [0.2, 0.25) is 0 Å². The summed E-state index contributed by atoms with van der Waals surface area (Å²) in [5, 5.41) is 0. The first-order valence-corrected chi connectivity index (χ1v) is 6.45. The molecule has 0 radical (unpaired) electrons. The Labute approximate surface area is 108 Å². The van der Waals surface area contributed by atoms with Crippen molar-refractivity contribution >= 4 is 5.97 Å². The fraction of sp³-hybridized carbons (Fsp3) is 0.714. The van der Waals surface area contributed by atoms with Crippen molar-refractivity contribution in [2.45, 2.75) is 51.4 Å². The Balaban J connectivity index is 2.06. The SMILES string of the molecule is COC(=O)C1CCC(c2nc(C(C)(C)C)co2)C1. The molecular weight excluding hydrogens is 230 g/mol. The van der Waals surface area contributed by atoms with Crippen molar-refractivity contribution in [2.75, 3.05) is 7.11 Å². The van der Waals surface area contributed by atoms with Crippen molar-refractivity contribution < 1.29 is 13.9 Å². The van der Waals surface area contributed by atoms with Crippen LogP contribution in [0.25, 0.3) is 0 Å². The quantitative estimate of drug-likeness (QED) is 0.758. The summed E-state index contributed by atoms with van der Waals surface area (Å²) < 4.78 is 10.4. The Kier molecular flexibility index (Phi) is 3.46. The van der Waals surface area contributed by atoms with Crippen molar-refractivity contribution in [3.8, 4) is 0 Å². The molecule has 4 heteroatoms. The number of hydrogen-bond acceptors (Lipinski definition) is 4. The fourth-order valence-electron chi connectivity index (χ4n) is 2.41. The Morgan fingerprint density at radius 3 is 2.72 bits per heavy atom. The van der Waals surface area contributed by atoms with Gasteiger partial charge >= 0.3 is 5.97 Å². The summed E-state index contributed by atoms with van der Waals surface area (Å²) in [6, 6.07) is 0. The lowest BCUT2D eigenvalue weighted by Crippen LogP contribution is -2.13. The number of carbonyl (C=O) groups excluding carboxylic acids is 1. The van der Waals surface area contributed by atoms with Crippen molar-refractivity contribution in [3.05, 3.63) is 17.8 Å². The van der Waals surface area contributed by atoms with Crippen LogP contribution < -0.4 is 0 Å². The van der Waals surface area contributed by atoms with Crippen LogP contribution in [0.4, 0.5) is 0 Å². The minimum atomic E-state index is -0.111. The molecule has 1 aliphatic carbocycles. The van der Waals surface area contributed by atoms with Crippen molar-refractivity contribution in [1.82, 2.24) is 4.98 Å². The Morgan fingerprint density at radius 1 is 1.44 bits per heavy atom. The summed E-state index contributed by atoms with van der Waals surface area (Å²) >= 11 is 0. The summed E-state index contributed by atoms with van der Waals surface area (Å²) in [5.74, 6) is 0.918. The zero-order valence-electron chi connectivity index (χ0n) is 11.5. The summed E-state index contributed by atoms with van der Waals surface area (Å²) in [5.41, 5.74) is 0.973. The zero-order chi connectivity index (χ0) is 13.3. The van der Waals surface area contributed by atoms with Gasteiger partial charge in [0.25, 0.3) is 0 Å². The average molecular weight is 251 g/mol. The summed E-state index contributed by atoms with van der Waals surface area (Å²) in [6.07, 6.45) is 4.34. The highest BCUT2D eigenvalue weighted by atomic mass is 16.5. The molecule has 0 spiro atoms. The van der Waals surface area contributed by atoms with Crippen molar-refractivity contribution in [3.63, 3.8) is 0 Å². The van der Waals surface area contributed by atoms with Crippen LogP contribution in [0.1, 0.15) is 57.5 Å². The van der Waals surface area contributed by atoms with Gasteiger partial charge in [-0.25, -0.2) is 4.98 Å². The summed E-state index contributed by atoms with van der Waals surface area (Å²) in [7, 11) is 1.44. The molecule has 1 aromatic rings. The lowest BCUT2D eigenvalue weighted by Gasteiger charge is -2.13. The molecule has 4 nitrogen and oxygen atoms in total. The maximum atomic E-state index is 11.5. The van der Waals surface area contributed by atoms with Gasteiger partial charge in [-0.15, -0.1) is 0 Å². The molecule has 0 amide bonds. The minimum Gasteiger partial charge on any atom is -0.469 e. The van der Waals surface area contributed by atoms with Gasteiger partial charge in [0.05, 0.1) is 18.7 Å². The van der Waals surface area contributed by atoms with Gasteiger partial charge in [-0.2, -0.15) is 0 Å². The third-order valence-electron chi connectivity index (χ3n) is 3.61. The van der Waals surface area contributed by atoms with Crippen LogP contribution in [0.5, 0.6) is 0 Å². The van der Waals surface area contributed by atoms with Crippen LogP contribution in [0, 0.1) is 5.92 Å². The van der Waals surface area contributed by atoms with E-state index in [0.717, 1.165) is 30.8 Å². The zero-order valence-corrected chi connectivity index (χ0v) is 11.5. The van der Waals surface area contributed by atoms with E-state index in [1.165, 1.54) is 7.11 Å². The highest BCUT2D eigenvalue weighted by molar-refractivity contribution is 5.72. The molecule has 1 fully saturated rings. The number of carbonyl (C=O) groups is 1. The summed E-state index contributed by atoms with van der Waals surface area (Å²) in [6.45, 7) is 6.33. The molecule has 0 aliphatic heterocycles. The topological polar surface area (TPSA) is 52.3 Å². The van der Waals surface area contributed by atoms with Gasteiger partial charge in [-0.3, -0.25) is 4.79 Å². The van der Waals surface area contributed by atoms with E-state index in [0.29, 0.717) is 0 Å². The highest BCUT2D eigenvalue weighted by Crippen LogP contribution is 2.39. The smallest absolute Gasteiger partial charge is 0.308 e. The van der Waals surface area contributed by atoms with Crippen LogP contribution in [-0.4, -0.2) is 18.1 Å². The first-order valence-electron chi connectivity index (χ1n) is 6.45. The predicted octanol–water partition coefficient (Wildman–Crippen LogP) is 3.03.